The van der Waals surface area contributed by atoms with E-state index in [0.29, 0.717) is 5.92 Å². The molecule has 0 saturated heterocycles. The number of allylic oxidation sites excluding steroid dienone is 5. The van der Waals surface area contributed by atoms with Gasteiger partial charge >= 0.3 is 0 Å². The average Bonchev–Trinajstić information content (AvgIpc) is 2.70. The molecule has 0 spiro atoms. The SMILES string of the molecule is C1=CCCNCCCNC[C@H]2[C@@H]3CCCC[C@H]3C=C[C@H]2/C=C/CCCCC1. The van der Waals surface area contributed by atoms with Gasteiger partial charge in [-0.1, -0.05) is 55.7 Å². The molecule has 1 fully saturated rings. The van der Waals surface area contributed by atoms with Crippen LogP contribution in [0.3, 0.4) is 0 Å². The Morgan fingerprint density at radius 1 is 0.556 bits per heavy atom. The molecule has 152 valence electrons. The summed E-state index contributed by atoms with van der Waals surface area (Å²) in [6.45, 7) is 4.61. The molecule has 2 N–H and O–H groups in total. The van der Waals surface area contributed by atoms with Gasteiger partial charge in [-0.05, 0) is 101 Å². The van der Waals surface area contributed by atoms with Gasteiger partial charge in [0.15, 0.2) is 0 Å². The number of fused-ring (bicyclic) bond motifs is 3. The van der Waals surface area contributed by atoms with Crippen molar-refractivity contribution < 1.29 is 0 Å². The van der Waals surface area contributed by atoms with E-state index >= 15 is 0 Å². The lowest BCUT2D eigenvalue weighted by molar-refractivity contribution is 0.156. The van der Waals surface area contributed by atoms with E-state index in [1.54, 1.807) is 0 Å². The lowest BCUT2D eigenvalue weighted by Crippen LogP contribution is -2.39. The van der Waals surface area contributed by atoms with Crippen LogP contribution in [-0.2, 0) is 0 Å². The van der Waals surface area contributed by atoms with Gasteiger partial charge < -0.3 is 10.6 Å². The Balaban J connectivity index is 1.56. The maximum atomic E-state index is 3.81. The minimum Gasteiger partial charge on any atom is -0.316 e. The van der Waals surface area contributed by atoms with Crippen molar-refractivity contribution in [3.63, 3.8) is 0 Å². The molecule has 1 saturated carbocycles. The summed E-state index contributed by atoms with van der Waals surface area (Å²) in [6.07, 6.45) is 29.6. The zero-order valence-electron chi connectivity index (χ0n) is 17.4. The van der Waals surface area contributed by atoms with E-state index in [-0.39, 0.29) is 0 Å². The highest BCUT2D eigenvalue weighted by Gasteiger charge is 2.36. The van der Waals surface area contributed by atoms with E-state index < -0.39 is 0 Å². The van der Waals surface area contributed by atoms with Crippen LogP contribution >= 0.6 is 0 Å². The highest BCUT2D eigenvalue weighted by atomic mass is 14.9. The summed E-state index contributed by atoms with van der Waals surface area (Å²) in [6, 6.07) is 0. The van der Waals surface area contributed by atoms with Crippen molar-refractivity contribution in [3.8, 4) is 0 Å². The van der Waals surface area contributed by atoms with Gasteiger partial charge in [0.05, 0.1) is 0 Å². The van der Waals surface area contributed by atoms with E-state index in [1.165, 1.54) is 77.2 Å². The number of nitrogens with one attached hydrogen (secondary N) is 2. The minimum absolute atomic E-state index is 0.653. The van der Waals surface area contributed by atoms with Crippen LogP contribution in [0.5, 0.6) is 0 Å². The molecule has 0 aromatic heterocycles. The maximum absolute atomic E-state index is 3.81. The van der Waals surface area contributed by atoms with Crippen molar-refractivity contribution >= 4 is 0 Å². The quantitative estimate of drug-likeness (QED) is 0.540. The van der Waals surface area contributed by atoms with Gasteiger partial charge in [0.1, 0.15) is 0 Å². The third-order valence-electron chi connectivity index (χ3n) is 6.84. The van der Waals surface area contributed by atoms with E-state index in [9.17, 15) is 0 Å². The molecule has 0 aromatic rings. The maximum Gasteiger partial charge on any atom is -0.000900 e. The Morgan fingerprint density at radius 3 is 2.33 bits per heavy atom. The first-order valence-electron chi connectivity index (χ1n) is 11.9. The molecule has 0 bridgehead atoms. The van der Waals surface area contributed by atoms with Gasteiger partial charge in [0.2, 0.25) is 0 Å². The van der Waals surface area contributed by atoms with Crippen LogP contribution in [0.2, 0.25) is 0 Å². The van der Waals surface area contributed by atoms with Crippen LogP contribution in [0.25, 0.3) is 0 Å². The fraction of sp³-hybridized carbons (Fsp3) is 0.760. The number of rotatable bonds is 0. The van der Waals surface area contributed by atoms with Gasteiger partial charge in [-0.15, -0.1) is 0 Å². The van der Waals surface area contributed by atoms with Crippen LogP contribution in [0.1, 0.15) is 70.6 Å². The molecule has 1 aliphatic heterocycles. The summed E-state index contributed by atoms with van der Waals surface area (Å²) >= 11 is 0. The fourth-order valence-electron chi connectivity index (χ4n) is 5.26. The second-order valence-electron chi connectivity index (χ2n) is 8.87. The largest absolute Gasteiger partial charge is 0.316 e. The second-order valence-corrected chi connectivity index (χ2v) is 8.87. The number of hydrogen-bond acceptors (Lipinski definition) is 2. The fourth-order valence-corrected chi connectivity index (χ4v) is 5.26. The van der Waals surface area contributed by atoms with Crippen LogP contribution in [0, 0.1) is 23.7 Å². The van der Waals surface area contributed by atoms with E-state index in [0.717, 1.165) is 37.4 Å². The molecule has 2 aliphatic carbocycles. The summed E-state index contributed by atoms with van der Waals surface area (Å²) in [5.41, 5.74) is 0. The summed E-state index contributed by atoms with van der Waals surface area (Å²) in [7, 11) is 0. The van der Waals surface area contributed by atoms with Crippen LogP contribution in [0.4, 0.5) is 0 Å². The molecular weight excluding hydrogens is 328 g/mol. The molecule has 0 aromatic carbocycles. The smallest absolute Gasteiger partial charge is 0.000900 e. The van der Waals surface area contributed by atoms with E-state index in [4.69, 9.17) is 0 Å². The molecule has 3 aliphatic rings. The predicted molar refractivity (Wildman–Crippen MR) is 118 cm³/mol. The van der Waals surface area contributed by atoms with Gasteiger partial charge in [-0.25, -0.2) is 0 Å². The summed E-state index contributed by atoms with van der Waals surface area (Å²) < 4.78 is 0. The van der Waals surface area contributed by atoms with Gasteiger partial charge in [-0.2, -0.15) is 0 Å². The molecule has 27 heavy (non-hydrogen) atoms. The normalized spacial score (nSPS) is 35.9. The Kier molecular flexibility index (Phi) is 9.71. The molecule has 0 unspecified atom stereocenters. The summed E-state index contributed by atoms with van der Waals surface area (Å²) in [5, 5.41) is 7.40. The lowest BCUT2D eigenvalue weighted by atomic mass is 9.64. The predicted octanol–water partition coefficient (Wildman–Crippen LogP) is 5.63. The van der Waals surface area contributed by atoms with E-state index in [1.807, 2.05) is 0 Å². The average molecular weight is 371 g/mol. The van der Waals surface area contributed by atoms with Gasteiger partial charge in [0, 0.05) is 0 Å². The highest BCUT2D eigenvalue weighted by Crippen LogP contribution is 2.43. The van der Waals surface area contributed by atoms with Crippen LogP contribution in [0.15, 0.2) is 36.5 Å². The first-order valence-corrected chi connectivity index (χ1v) is 11.9. The number of hydrogen-bond donors (Lipinski definition) is 2. The van der Waals surface area contributed by atoms with Crippen molar-refractivity contribution in [2.75, 3.05) is 26.2 Å². The topological polar surface area (TPSA) is 24.1 Å². The monoisotopic (exact) mass is 370 g/mol. The molecule has 2 heteroatoms. The zero-order chi connectivity index (χ0) is 18.6. The standard InChI is InChI=1S/C25H42N2/c1-2-4-6-8-13-23-17-16-22-14-9-10-15-24(22)25(23)21-27-20-12-19-26-18-11-7-5-3-1/h5,7-8,13,16-17,22-27H,1-4,6,9-12,14-15,18-21H2/b7-5?,13-8+/t22-,23+,24+,25+/m0/s1. The van der Waals surface area contributed by atoms with Crippen molar-refractivity contribution in [1.82, 2.24) is 10.6 Å². The molecular formula is C25H42N2. The van der Waals surface area contributed by atoms with Crippen molar-refractivity contribution in [1.29, 1.82) is 0 Å². The van der Waals surface area contributed by atoms with E-state index in [2.05, 4.69) is 47.1 Å². The summed E-state index contributed by atoms with van der Waals surface area (Å²) in [4.78, 5) is 0. The summed E-state index contributed by atoms with van der Waals surface area (Å²) in [5.74, 6) is 3.21. The van der Waals surface area contributed by atoms with Gasteiger partial charge in [0.25, 0.3) is 0 Å². The third-order valence-corrected chi connectivity index (χ3v) is 6.84. The molecule has 3 rings (SSSR count). The second kappa shape index (κ2) is 12.6. The molecule has 4 atom stereocenters. The first kappa shape index (κ1) is 20.9. The Morgan fingerprint density at radius 2 is 1.37 bits per heavy atom. The van der Waals surface area contributed by atoms with Crippen molar-refractivity contribution in [3.05, 3.63) is 36.5 Å². The van der Waals surface area contributed by atoms with Crippen LogP contribution < -0.4 is 10.6 Å². The first-order chi connectivity index (χ1) is 13.4. The third kappa shape index (κ3) is 7.23. The molecule has 0 amide bonds. The Bertz CT molecular complexity index is 479. The van der Waals surface area contributed by atoms with Crippen molar-refractivity contribution in [2.45, 2.75) is 70.6 Å². The highest BCUT2D eigenvalue weighted by molar-refractivity contribution is 5.12. The molecule has 2 nitrogen and oxygen atoms in total. The van der Waals surface area contributed by atoms with Gasteiger partial charge in [-0.3, -0.25) is 0 Å². The molecule has 0 radical (unpaired) electrons. The Labute approximate surface area is 168 Å². The van der Waals surface area contributed by atoms with Crippen LogP contribution in [-0.4, -0.2) is 26.2 Å². The molecule has 1 heterocycles. The Hall–Kier alpha value is -0.860. The lowest BCUT2D eigenvalue weighted by Gasteiger charge is -2.42. The minimum atomic E-state index is 0.653. The van der Waals surface area contributed by atoms with Crippen molar-refractivity contribution in [2.24, 2.45) is 23.7 Å². The zero-order valence-corrected chi connectivity index (χ0v) is 17.4.